The van der Waals surface area contributed by atoms with E-state index in [1.165, 1.54) is 14.2 Å². The van der Waals surface area contributed by atoms with Crippen LogP contribution in [0, 0.1) is 0 Å². The average Bonchev–Trinajstić information content (AvgIpc) is 3.07. The fourth-order valence-electron chi connectivity index (χ4n) is 2.48. The second-order valence-electron chi connectivity index (χ2n) is 5.29. The zero-order valence-corrected chi connectivity index (χ0v) is 13.8. The van der Waals surface area contributed by atoms with E-state index in [4.69, 9.17) is 9.47 Å². The first-order valence-electron chi connectivity index (χ1n) is 7.47. The molecular formula is C14H19N7O3. The predicted octanol–water partition coefficient (Wildman–Crippen LogP) is -0.415. The third kappa shape index (κ3) is 3.21. The Hall–Kier alpha value is -2.91. The van der Waals surface area contributed by atoms with E-state index in [2.05, 4.69) is 20.1 Å². The van der Waals surface area contributed by atoms with E-state index in [0.29, 0.717) is 37.7 Å². The fourth-order valence-corrected chi connectivity index (χ4v) is 2.48. The molecule has 10 nitrogen and oxygen atoms in total. The summed E-state index contributed by atoms with van der Waals surface area (Å²) >= 11 is 0. The van der Waals surface area contributed by atoms with Crippen LogP contribution in [0.15, 0.2) is 12.4 Å². The Balaban J connectivity index is 1.68. The summed E-state index contributed by atoms with van der Waals surface area (Å²) in [6.45, 7) is 2.37. The number of carbonyl (C=O) groups is 1. The van der Waals surface area contributed by atoms with Gasteiger partial charge in [-0.1, -0.05) is 0 Å². The minimum absolute atomic E-state index is 0.0199. The number of carbonyl (C=O) groups excluding carboxylic acids is 1. The van der Waals surface area contributed by atoms with E-state index in [0.717, 1.165) is 0 Å². The summed E-state index contributed by atoms with van der Waals surface area (Å²) in [5.74, 6) is 0.459. The first-order valence-corrected chi connectivity index (χ1v) is 7.47. The van der Waals surface area contributed by atoms with Crippen LogP contribution in [-0.2, 0) is 7.05 Å². The molecule has 2 aromatic rings. The topological polar surface area (TPSA) is 98.5 Å². The minimum atomic E-state index is -0.0199. The lowest BCUT2D eigenvalue weighted by Gasteiger charge is -2.34. The lowest BCUT2D eigenvalue weighted by Crippen LogP contribution is -2.49. The van der Waals surface area contributed by atoms with Crippen LogP contribution >= 0.6 is 0 Å². The highest BCUT2D eigenvalue weighted by Gasteiger charge is 2.25. The smallest absolute Gasteiger partial charge is 0.324 e. The van der Waals surface area contributed by atoms with Crippen molar-refractivity contribution in [1.82, 2.24) is 29.6 Å². The number of piperazine rings is 1. The van der Waals surface area contributed by atoms with Crippen molar-refractivity contribution >= 4 is 11.9 Å². The highest BCUT2D eigenvalue weighted by molar-refractivity contribution is 5.93. The van der Waals surface area contributed by atoms with Crippen molar-refractivity contribution < 1.29 is 14.3 Å². The molecule has 128 valence electrons. The molecular weight excluding hydrogens is 314 g/mol. The van der Waals surface area contributed by atoms with E-state index in [1.807, 2.05) is 4.90 Å². The Morgan fingerprint density at radius 3 is 2.17 bits per heavy atom. The van der Waals surface area contributed by atoms with E-state index in [1.54, 1.807) is 29.0 Å². The van der Waals surface area contributed by atoms with Crippen molar-refractivity contribution in [2.24, 2.45) is 7.05 Å². The van der Waals surface area contributed by atoms with Gasteiger partial charge in [0, 0.05) is 39.4 Å². The molecule has 10 heteroatoms. The maximum absolute atomic E-state index is 12.4. The molecule has 24 heavy (non-hydrogen) atoms. The molecule has 0 radical (unpaired) electrons. The number of methoxy groups -OCH3 is 2. The van der Waals surface area contributed by atoms with Crippen LogP contribution in [0.4, 0.5) is 5.95 Å². The standard InChI is InChI=1S/C14H19N7O3/c1-19-9-10(8-15-19)11(22)20-4-6-21(7-5-20)12-16-13(23-2)18-14(17-12)24-3/h8-9H,4-7H2,1-3H3. The van der Waals surface area contributed by atoms with Crippen molar-refractivity contribution in [2.45, 2.75) is 0 Å². The number of aryl methyl sites for hydroxylation is 1. The van der Waals surface area contributed by atoms with Gasteiger partial charge in [0.25, 0.3) is 5.91 Å². The van der Waals surface area contributed by atoms with Gasteiger partial charge >= 0.3 is 12.0 Å². The van der Waals surface area contributed by atoms with Crippen LogP contribution in [-0.4, -0.2) is 75.9 Å². The quantitative estimate of drug-likeness (QED) is 0.744. The SMILES string of the molecule is COc1nc(OC)nc(N2CCN(C(=O)c3cnn(C)c3)CC2)n1. The maximum atomic E-state index is 12.4. The Bertz CT molecular complexity index is 703. The average molecular weight is 333 g/mol. The molecule has 1 aliphatic heterocycles. The summed E-state index contributed by atoms with van der Waals surface area (Å²) in [5, 5.41) is 4.04. The van der Waals surface area contributed by atoms with Crippen LogP contribution in [0.3, 0.4) is 0 Å². The van der Waals surface area contributed by atoms with Gasteiger partial charge in [0.1, 0.15) is 0 Å². The van der Waals surface area contributed by atoms with Gasteiger partial charge in [-0.15, -0.1) is 4.98 Å². The fraction of sp³-hybridized carbons (Fsp3) is 0.500. The second kappa shape index (κ2) is 6.69. The molecule has 0 bridgehead atoms. The van der Waals surface area contributed by atoms with Gasteiger partial charge in [-0.3, -0.25) is 9.48 Å². The zero-order valence-electron chi connectivity index (χ0n) is 13.8. The number of hydrogen-bond donors (Lipinski definition) is 0. The molecule has 0 N–H and O–H groups in total. The number of amides is 1. The van der Waals surface area contributed by atoms with Gasteiger partial charge in [0.15, 0.2) is 0 Å². The Morgan fingerprint density at radius 2 is 1.67 bits per heavy atom. The monoisotopic (exact) mass is 333 g/mol. The third-order valence-electron chi connectivity index (χ3n) is 3.75. The molecule has 0 aromatic carbocycles. The van der Waals surface area contributed by atoms with E-state index in [9.17, 15) is 4.79 Å². The maximum Gasteiger partial charge on any atom is 0.324 e. The highest BCUT2D eigenvalue weighted by atomic mass is 16.5. The van der Waals surface area contributed by atoms with Crippen molar-refractivity contribution in [3.05, 3.63) is 18.0 Å². The minimum Gasteiger partial charge on any atom is -0.467 e. The summed E-state index contributed by atoms with van der Waals surface area (Å²) in [6, 6.07) is 0.399. The van der Waals surface area contributed by atoms with Crippen molar-refractivity contribution in [2.75, 3.05) is 45.3 Å². The lowest BCUT2D eigenvalue weighted by molar-refractivity contribution is 0.0746. The summed E-state index contributed by atoms with van der Waals surface area (Å²) in [4.78, 5) is 28.7. The van der Waals surface area contributed by atoms with Gasteiger partial charge < -0.3 is 19.3 Å². The lowest BCUT2D eigenvalue weighted by atomic mass is 10.2. The predicted molar refractivity (Wildman–Crippen MR) is 84.3 cm³/mol. The van der Waals surface area contributed by atoms with Crippen LogP contribution in [0.2, 0.25) is 0 Å². The number of aromatic nitrogens is 5. The van der Waals surface area contributed by atoms with E-state index < -0.39 is 0 Å². The molecule has 3 rings (SSSR count). The van der Waals surface area contributed by atoms with Gasteiger partial charge in [-0.25, -0.2) is 0 Å². The number of nitrogens with zero attached hydrogens (tertiary/aromatic N) is 7. The Kier molecular flexibility index (Phi) is 4.45. The van der Waals surface area contributed by atoms with Crippen molar-refractivity contribution in [1.29, 1.82) is 0 Å². The second-order valence-corrected chi connectivity index (χ2v) is 5.29. The van der Waals surface area contributed by atoms with Crippen LogP contribution < -0.4 is 14.4 Å². The molecule has 2 aromatic heterocycles. The van der Waals surface area contributed by atoms with Crippen LogP contribution in [0.5, 0.6) is 12.0 Å². The number of anilines is 1. The van der Waals surface area contributed by atoms with Gasteiger partial charge in [-0.05, 0) is 0 Å². The molecule has 1 saturated heterocycles. The largest absolute Gasteiger partial charge is 0.467 e. The summed E-state index contributed by atoms with van der Waals surface area (Å²) in [7, 11) is 4.77. The first-order chi connectivity index (χ1) is 11.6. The molecule has 1 fully saturated rings. The van der Waals surface area contributed by atoms with Gasteiger partial charge in [0.05, 0.1) is 26.0 Å². The van der Waals surface area contributed by atoms with Crippen molar-refractivity contribution in [3.8, 4) is 12.0 Å². The van der Waals surface area contributed by atoms with Crippen LogP contribution in [0.1, 0.15) is 10.4 Å². The van der Waals surface area contributed by atoms with Crippen LogP contribution in [0.25, 0.3) is 0 Å². The number of hydrogen-bond acceptors (Lipinski definition) is 8. The van der Waals surface area contributed by atoms with E-state index in [-0.39, 0.29) is 17.9 Å². The molecule has 3 heterocycles. The summed E-state index contributed by atoms with van der Waals surface area (Å²) < 4.78 is 11.7. The highest BCUT2D eigenvalue weighted by Crippen LogP contribution is 2.18. The third-order valence-corrected chi connectivity index (χ3v) is 3.75. The molecule has 0 spiro atoms. The Labute approximate surface area is 139 Å². The molecule has 0 unspecified atom stereocenters. The van der Waals surface area contributed by atoms with Crippen molar-refractivity contribution in [3.63, 3.8) is 0 Å². The molecule has 0 aliphatic carbocycles. The molecule has 0 saturated carbocycles. The van der Waals surface area contributed by atoms with Gasteiger partial charge in [-0.2, -0.15) is 15.1 Å². The molecule has 0 atom stereocenters. The first kappa shape index (κ1) is 16.0. The molecule has 1 amide bonds. The summed E-state index contributed by atoms with van der Waals surface area (Å²) in [5.41, 5.74) is 0.592. The normalized spacial score (nSPS) is 14.6. The summed E-state index contributed by atoms with van der Waals surface area (Å²) in [6.07, 6.45) is 3.30. The van der Waals surface area contributed by atoms with Gasteiger partial charge in [0.2, 0.25) is 5.95 Å². The zero-order chi connectivity index (χ0) is 17.1. The number of rotatable bonds is 4. The van der Waals surface area contributed by atoms with E-state index >= 15 is 0 Å². The number of ether oxygens (including phenoxy) is 2. The Morgan fingerprint density at radius 1 is 1.04 bits per heavy atom. The molecule has 1 aliphatic rings.